The SMILES string of the molecule is O=C(COc1ccc(Cl)cc1)N[C@H]1CC[C@H](c2nnc([C@H]3C[C@@H](OC(F)(F)F)C3)o2)CC1. The van der Waals surface area contributed by atoms with Crippen LogP contribution in [0.2, 0.25) is 5.02 Å². The van der Waals surface area contributed by atoms with E-state index in [1.807, 2.05) is 0 Å². The number of nitrogens with zero attached hydrogens (tertiary/aromatic N) is 2. The number of ether oxygens (including phenoxy) is 2. The molecule has 1 aromatic carbocycles. The number of aromatic nitrogens is 2. The molecule has 7 nitrogen and oxygen atoms in total. The molecule has 11 heteroatoms. The minimum atomic E-state index is -4.62. The summed E-state index contributed by atoms with van der Waals surface area (Å²) in [5, 5.41) is 11.7. The highest BCUT2D eigenvalue weighted by Crippen LogP contribution is 2.42. The van der Waals surface area contributed by atoms with Gasteiger partial charge in [0.1, 0.15) is 5.75 Å². The highest BCUT2D eigenvalue weighted by atomic mass is 35.5. The molecule has 0 atom stereocenters. The first-order valence-corrected chi connectivity index (χ1v) is 10.9. The summed E-state index contributed by atoms with van der Waals surface area (Å²) in [6.07, 6.45) is -1.95. The molecular formula is C21H23ClF3N3O4. The molecular weight excluding hydrogens is 451 g/mol. The average molecular weight is 474 g/mol. The molecule has 0 saturated heterocycles. The van der Waals surface area contributed by atoms with Crippen LogP contribution in [0.3, 0.4) is 0 Å². The van der Waals surface area contributed by atoms with Gasteiger partial charge in [-0.1, -0.05) is 11.6 Å². The molecule has 0 bridgehead atoms. The summed E-state index contributed by atoms with van der Waals surface area (Å²) in [4.78, 5) is 12.2. The van der Waals surface area contributed by atoms with E-state index in [1.54, 1.807) is 24.3 Å². The molecule has 1 heterocycles. The second-order valence-electron chi connectivity index (χ2n) is 8.19. The Balaban J connectivity index is 1.17. The Hall–Kier alpha value is -2.33. The summed E-state index contributed by atoms with van der Waals surface area (Å²) in [5.41, 5.74) is 0. The number of rotatable bonds is 7. The zero-order chi connectivity index (χ0) is 22.7. The zero-order valence-electron chi connectivity index (χ0n) is 17.1. The fraction of sp³-hybridized carbons (Fsp3) is 0.571. The van der Waals surface area contributed by atoms with Gasteiger partial charge in [0, 0.05) is 22.9 Å². The van der Waals surface area contributed by atoms with Gasteiger partial charge in [-0.05, 0) is 62.8 Å². The molecule has 2 saturated carbocycles. The average Bonchev–Trinajstić information content (AvgIpc) is 3.19. The van der Waals surface area contributed by atoms with Crippen LogP contribution in [0.25, 0.3) is 0 Å². The second-order valence-corrected chi connectivity index (χ2v) is 8.63. The van der Waals surface area contributed by atoms with Crippen LogP contribution in [0.1, 0.15) is 62.1 Å². The molecule has 2 aliphatic rings. The van der Waals surface area contributed by atoms with Crippen LogP contribution in [0.5, 0.6) is 5.75 Å². The van der Waals surface area contributed by atoms with Crippen molar-refractivity contribution in [1.29, 1.82) is 0 Å². The van der Waals surface area contributed by atoms with Crippen molar-refractivity contribution in [2.75, 3.05) is 6.61 Å². The van der Waals surface area contributed by atoms with Crippen LogP contribution in [-0.2, 0) is 9.53 Å². The van der Waals surface area contributed by atoms with E-state index in [0.29, 0.717) is 22.6 Å². The van der Waals surface area contributed by atoms with Crippen LogP contribution >= 0.6 is 11.6 Å². The fourth-order valence-corrected chi connectivity index (χ4v) is 4.19. The maximum absolute atomic E-state index is 12.2. The summed E-state index contributed by atoms with van der Waals surface area (Å²) < 4.78 is 51.9. The van der Waals surface area contributed by atoms with Crippen molar-refractivity contribution in [3.8, 4) is 5.75 Å². The lowest BCUT2D eigenvalue weighted by Gasteiger charge is -2.33. The van der Waals surface area contributed by atoms with Gasteiger partial charge in [-0.15, -0.1) is 23.4 Å². The molecule has 0 unspecified atom stereocenters. The number of hydrogen-bond donors (Lipinski definition) is 1. The predicted molar refractivity (Wildman–Crippen MR) is 107 cm³/mol. The van der Waals surface area contributed by atoms with E-state index in [0.717, 1.165) is 25.7 Å². The summed E-state index contributed by atoms with van der Waals surface area (Å²) in [5.74, 6) is 1.15. The van der Waals surface area contributed by atoms with Crippen LogP contribution < -0.4 is 10.1 Å². The molecule has 174 valence electrons. The first-order chi connectivity index (χ1) is 15.2. The monoisotopic (exact) mass is 473 g/mol. The van der Waals surface area contributed by atoms with Crippen LogP contribution in [0, 0.1) is 0 Å². The molecule has 0 aliphatic heterocycles. The topological polar surface area (TPSA) is 86.5 Å². The highest BCUT2D eigenvalue weighted by Gasteiger charge is 2.42. The number of amides is 1. The van der Waals surface area contributed by atoms with Crippen molar-refractivity contribution in [2.45, 2.75) is 68.9 Å². The number of halogens is 4. The van der Waals surface area contributed by atoms with Crippen LogP contribution in [-0.4, -0.2) is 41.2 Å². The van der Waals surface area contributed by atoms with Gasteiger partial charge in [0.2, 0.25) is 11.8 Å². The van der Waals surface area contributed by atoms with Crippen molar-refractivity contribution in [1.82, 2.24) is 15.5 Å². The summed E-state index contributed by atoms with van der Waals surface area (Å²) >= 11 is 5.82. The Morgan fingerprint density at radius 1 is 1.06 bits per heavy atom. The third kappa shape index (κ3) is 6.13. The molecule has 1 aromatic heterocycles. The fourth-order valence-electron chi connectivity index (χ4n) is 4.06. The lowest BCUT2D eigenvalue weighted by Crippen LogP contribution is -2.39. The van der Waals surface area contributed by atoms with E-state index in [-0.39, 0.29) is 43.2 Å². The number of alkyl halides is 3. The summed E-state index contributed by atoms with van der Waals surface area (Å²) in [7, 11) is 0. The van der Waals surface area contributed by atoms with Crippen molar-refractivity contribution >= 4 is 17.5 Å². The van der Waals surface area contributed by atoms with Gasteiger partial charge in [-0.2, -0.15) is 0 Å². The lowest BCUT2D eigenvalue weighted by atomic mass is 9.82. The Morgan fingerprint density at radius 3 is 2.31 bits per heavy atom. The first kappa shape index (κ1) is 22.8. The number of hydrogen-bond acceptors (Lipinski definition) is 6. The van der Waals surface area contributed by atoms with E-state index < -0.39 is 12.5 Å². The maximum Gasteiger partial charge on any atom is 0.522 e. The van der Waals surface area contributed by atoms with E-state index in [2.05, 4.69) is 20.3 Å². The van der Waals surface area contributed by atoms with Gasteiger partial charge in [0.05, 0.1) is 6.10 Å². The zero-order valence-corrected chi connectivity index (χ0v) is 17.9. The molecule has 32 heavy (non-hydrogen) atoms. The van der Waals surface area contributed by atoms with Gasteiger partial charge in [0.15, 0.2) is 6.61 Å². The molecule has 1 amide bonds. The molecule has 1 N–H and O–H groups in total. The van der Waals surface area contributed by atoms with Crippen LogP contribution in [0.15, 0.2) is 28.7 Å². The van der Waals surface area contributed by atoms with E-state index in [4.69, 9.17) is 20.8 Å². The van der Waals surface area contributed by atoms with Crippen LogP contribution in [0.4, 0.5) is 13.2 Å². The summed E-state index contributed by atoms with van der Waals surface area (Å²) in [6.45, 7) is -0.0744. The maximum atomic E-state index is 12.2. The first-order valence-electron chi connectivity index (χ1n) is 10.5. The second kappa shape index (κ2) is 9.66. The summed E-state index contributed by atoms with van der Waals surface area (Å²) in [6, 6.07) is 6.83. The van der Waals surface area contributed by atoms with E-state index in [1.165, 1.54) is 0 Å². The molecule has 2 aromatic rings. The Morgan fingerprint density at radius 2 is 1.69 bits per heavy atom. The molecule has 0 spiro atoms. The number of nitrogens with one attached hydrogen (secondary N) is 1. The van der Waals surface area contributed by atoms with E-state index >= 15 is 0 Å². The molecule has 0 radical (unpaired) electrons. The van der Waals surface area contributed by atoms with Crippen molar-refractivity contribution in [3.63, 3.8) is 0 Å². The van der Waals surface area contributed by atoms with E-state index in [9.17, 15) is 18.0 Å². The molecule has 4 rings (SSSR count). The molecule has 2 aliphatic carbocycles. The van der Waals surface area contributed by atoms with Gasteiger partial charge < -0.3 is 14.5 Å². The Labute approximate surface area is 187 Å². The highest BCUT2D eigenvalue weighted by molar-refractivity contribution is 6.30. The predicted octanol–water partition coefficient (Wildman–Crippen LogP) is 4.73. The van der Waals surface area contributed by atoms with Gasteiger partial charge >= 0.3 is 6.36 Å². The quantitative estimate of drug-likeness (QED) is 0.625. The standard InChI is InChI=1S/C21H23ClF3N3O4/c22-14-3-7-16(8-4-14)30-11-18(29)26-15-5-1-12(2-6-15)19-27-28-20(31-19)13-9-17(10-13)32-21(23,24)25/h3-4,7-8,12-13,15,17H,1-2,5-6,9-11H2,(H,26,29)/t12-,13-,15-,17+. The van der Waals surface area contributed by atoms with Gasteiger partial charge in [-0.3, -0.25) is 9.53 Å². The normalized spacial score (nSPS) is 25.8. The molecule has 2 fully saturated rings. The van der Waals surface area contributed by atoms with Crippen molar-refractivity contribution in [3.05, 3.63) is 41.1 Å². The number of benzene rings is 1. The largest absolute Gasteiger partial charge is 0.522 e. The minimum absolute atomic E-state index is 0.0434. The third-order valence-corrected chi connectivity index (χ3v) is 6.08. The van der Waals surface area contributed by atoms with Gasteiger partial charge in [0.25, 0.3) is 5.91 Å². The van der Waals surface area contributed by atoms with Crippen molar-refractivity contribution in [2.24, 2.45) is 0 Å². The lowest BCUT2D eigenvalue weighted by molar-refractivity contribution is -0.352. The smallest absolute Gasteiger partial charge is 0.484 e. The minimum Gasteiger partial charge on any atom is -0.484 e. The third-order valence-electron chi connectivity index (χ3n) is 5.83. The Kier molecular flexibility index (Phi) is 6.90. The number of carbonyl (C=O) groups excluding carboxylic acids is 1. The number of carbonyl (C=O) groups is 1. The van der Waals surface area contributed by atoms with Gasteiger partial charge in [-0.25, -0.2) is 0 Å². The Bertz CT molecular complexity index is 908. The van der Waals surface area contributed by atoms with Crippen molar-refractivity contribution < 1.29 is 31.9 Å².